The first-order valence-corrected chi connectivity index (χ1v) is 10.1. The molecule has 29 heavy (non-hydrogen) atoms. The summed E-state index contributed by atoms with van der Waals surface area (Å²) in [6, 6.07) is 28.4. The molecule has 1 aliphatic rings. The molecular weight excluding hydrogens is 360 g/mol. The fourth-order valence-electron chi connectivity index (χ4n) is 4.13. The van der Waals surface area contributed by atoms with Crippen molar-refractivity contribution >= 4 is 12.2 Å². The lowest BCUT2D eigenvalue weighted by Crippen LogP contribution is -3.15. The number of hydrogen-bond donors (Lipinski definition) is 1. The van der Waals surface area contributed by atoms with Crippen LogP contribution in [0.1, 0.15) is 37.9 Å². The van der Waals surface area contributed by atoms with E-state index in [0.717, 1.165) is 32.5 Å². The lowest BCUT2D eigenvalue weighted by Gasteiger charge is -2.37. The molecule has 0 radical (unpaired) electrons. The minimum atomic E-state index is 0.0393. The van der Waals surface area contributed by atoms with Crippen LogP contribution in [0, 0.1) is 0 Å². The number of nitrogens with one attached hydrogen (secondary N) is 1. The van der Waals surface area contributed by atoms with E-state index < -0.39 is 0 Å². The quantitative estimate of drug-likeness (QED) is 0.686. The summed E-state index contributed by atoms with van der Waals surface area (Å²) in [4.78, 5) is 27.1. The van der Waals surface area contributed by atoms with Gasteiger partial charge in [0.25, 0.3) is 5.91 Å². The smallest absolute Gasteiger partial charge is 0.254 e. The summed E-state index contributed by atoms with van der Waals surface area (Å²) in [6.07, 6.45) is 0.795. The zero-order valence-corrected chi connectivity index (χ0v) is 16.3. The molecule has 4 heteroatoms. The maximum atomic E-state index is 12.8. The first-order valence-electron chi connectivity index (χ1n) is 10.1. The summed E-state index contributed by atoms with van der Waals surface area (Å²) in [6.45, 7) is 3.23. The van der Waals surface area contributed by atoms with Gasteiger partial charge in [-0.1, -0.05) is 72.8 Å². The van der Waals surface area contributed by atoms with Crippen molar-refractivity contribution in [2.45, 2.75) is 6.04 Å². The molecule has 1 heterocycles. The highest BCUT2D eigenvalue weighted by Gasteiger charge is 2.31. The zero-order valence-electron chi connectivity index (χ0n) is 16.3. The number of quaternary nitrogens is 1. The average molecular weight is 385 g/mol. The molecule has 0 unspecified atom stereocenters. The van der Waals surface area contributed by atoms with Crippen molar-refractivity contribution in [2.24, 2.45) is 0 Å². The molecule has 1 amide bonds. The minimum Gasteiger partial charge on any atom is -0.327 e. The van der Waals surface area contributed by atoms with E-state index in [1.807, 2.05) is 17.0 Å². The highest BCUT2D eigenvalue weighted by molar-refractivity contribution is 5.94. The minimum absolute atomic E-state index is 0.0393. The van der Waals surface area contributed by atoms with Gasteiger partial charge in [0.2, 0.25) is 0 Å². The Balaban J connectivity index is 1.49. The van der Waals surface area contributed by atoms with E-state index >= 15 is 0 Å². The number of nitrogens with zero attached hydrogens (tertiary/aromatic N) is 1. The summed E-state index contributed by atoms with van der Waals surface area (Å²) < 4.78 is 0. The Morgan fingerprint density at radius 3 is 1.79 bits per heavy atom. The van der Waals surface area contributed by atoms with Crippen LogP contribution in [-0.2, 0) is 0 Å². The largest absolute Gasteiger partial charge is 0.327 e. The number of rotatable bonds is 5. The van der Waals surface area contributed by atoms with Crippen LogP contribution in [0.3, 0.4) is 0 Å². The number of amides is 1. The van der Waals surface area contributed by atoms with Gasteiger partial charge in [-0.3, -0.25) is 9.59 Å². The third-order valence-corrected chi connectivity index (χ3v) is 5.66. The van der Waals surface area contributed by atoms with Gasteiger partial charge in [0.05, 0.1) is 26.2 Å². The highest BCUT2D eigenvalue weighted by Crippen LogP contribution is 2.19. The van der Waals surface area contributed by atoms with E-state index in [1.165, 1.54) is 16.0 Å². The maximum Gasteiger partial charge on any atom is 0.254 e. The SMILES string of the molecule is O=Cc1ccc(C(=O)N2CC[NH+](C(c3ccccc3)c3ccccc3)CC2)cc1. The van der Waals surface area contributed by atoms with Crippen LogP contribution in [0.15, 0.2) is 84.9 Å². The van der Waals surface area contributed by atoms with Gasteiger partial charge in [-0.2, -0.15) is 0 Å². The summed E-state index contributed by atoms with van der Waals surface area (Å²) in [5, 5.41) is 0. The van der Waals surface area contributed by atoms with Crippen LogP contribution in [0.2, 0.25) is 0 Å². The van der Waals surface area contributed by atoms with E-state index in [0.29, 0.717) is 11.1 Å². The highest BCUT2D eigenvalue weighted by atomic mass is 16.2. The number of carbonyl (C=O) groups excluding carboxylic acids is 2. The standard InChI is InChI=1S/C25H24N2O2/c28-19-20-11-13-23(14-12-20)25(29)27-17-15-26(16-18-27)24(21-7-3-1-4-8-21)22-9-5-2-6-10-22/h1-14,19,24H,15-18H2/p+1. The molecule has 0 aliphatic carbocycles. The summed E-state index contributed by atoms with van der Waals surface area (Å²) in [5.74, 6) is 0.0393. The van der Waals surface area contributed by atoms with Crippen molar-refractivity contribution < 1.29 is 14.5 Å². The van der Waals surface area contributed by atoms with E-state index in [9.17, 15) is 9.59 Å². The molecule has 0 saturated carbocycles. The van der Waals surface area contributed by atoms with Gasteiger partial charge in [0, 0.05) is 22.3 Å². The second kappa shape index (κ2) is 8.84. The van der Waals surface area contributed by atoms with Crippen LogP contribution < -0.4 is 4.90 Å². The van der Waals surface area contributed by atoms with Gasteiger partial charge in [-0.15, -0.1) is 0 Å². The van der Waals surface area contributed by atoms with Crippen molar-refractivity contribution in [1.29, 1.82) is 0 Å². The molecule has 4 rings (SSSR count). The van der Waals surface area contributed by atoms with Crippen LogP contribution >= 0.6 is 0 Å². The van der Waals surface area contributed by atoms with Crippen LogP contribution in [0.5, 0.6) is 0 Å². The summed E-state index contributed by atoms with van der Waals surface area (Å²) in [7, 11) is 0. The lowest BCUT2D eigenvalue weighted by molar-refractivity contribution is -0.929. The predicted molar refractivity (Wildman–Crippen MR) is 113 cm³/mol. The monoisotopic (exact) mass is 385 g/mol. The third-order valence-electron chi connectivity index (χ3n) is 5.66. The van der Waals surface area contributed by atoms with Crippen molar-refractivity contribution in [3.63, 3.8) is 0 Å². The van der Waals surface area contributed by atoms with Gasteiger partial charge in [0.1, 0.15) is 12.3 Å². The number of carbonyl (C=O) groups is 2. The average Bonchev–Trinajstić information content (AvgIpc) is 2.81. The van der Waals surface area contributed by atoms with E-state index in [1.54, 1.807) is 24.3 Å². The van der Waals surface area contributed by atoms with Crippen LogP contribution in [-0.4, -0.2) is 43.3 Å². The Kier molecular flexibility index (Phi) is 5.82. The Hall–Kier alpha value is -3.24. The van der Waals surface area contributed by atoms with Crippen LogP contribution in [0.4, 0.5) is 0 Å². The Bertz CT molecular complexity index is 908. The van der Waals surface area contributed by atoms with Crippen molar-refractivity contribution in [1.82, 2.24) is 4.90 Å². The van der Waals surface area contributed by atoms with E-state index in [2.05, 4.69) is 48.5 Å². The molecule has 0 atom stereocenters. The third kappa shape index (κ3) is 4.28. The van der Waals surface area contributed by atoms with Gasteiger partial charge in [-0.05, 0) is 12.1 Å². The van der Waals surface area contributed by atoms with Crippen LogP contribution in [0.25, 0.3) is 0 Å². The lowest BCUT2D eigenvalue weighted by atomic mass is 9.96. The molecule has 3 aromatic carbocycles. The molecule has 0 bridgehead atoms. The molecule has 146 valence electrons. The number of piperazine rings is 1. The fourth-order valence-corrected chi connectivity index (χ4v) is 4.13. The Morgan fingerprint density at radius 1 is 0.793 bits per heavy atom. The molecule has 3 aromatic rings. The fraction of sp³-hybridized carbons (Fsp3) is 0.200. The second-order valence-electron chi connectivity index (χ2n) is 7.44. The molecule has 1 fully saturated rings. The van der Waals surface area contributed by atoms with E-state index in [-0.39, 0.29) is 11.9 Å². The predicted octanol–water partition coefficient (Wildman–Crippen LogP) is 2.63. The molecule has 1 aliphatic heterocycles. The number of benzene rings is 3. The Morgan fingerprint density at radius 2 is 1.31 bits per heavy atom. The maximum absolute atomic E-state index is 12.8. The number of aldehydes is 1. The Labute approximate surface area is 171 Å². The second-order valence-corrected chi connectivity index (χ2v) is 7.44. The van der Waals surface area contributed by atoms with Gasteiger partial charge in [0.15, 0.2) is 0 Å². The van der Waals surface area contributed by atoms with Crippen molar-refractivity contribution in [3.8, 4) is 0 Å². The van der Waals surface area contributed by atoms with Gasteiger partial charge in [-0.25, -0.2) is 0 Å². The van der Waals surface area contributed by atoms with Crippen molar-refractivity contribution in [2.75, 3.05) is 26.2 Å². The normalized spacial score (nSPS) is 14.7. The summed E-state index contributed by atoms with van der Waals surface area (Å²) >= 11 is 0. The molecule has 1 saturated heterocycles. The molecule has 4 nitrogen and oxygen atoms in total. The molecule has 0 spiro atoms. The van der Waals surface area contributed by atoms with Gasteiger partial charge < -0.3 is 9.80 Å². The zero-order chi connectivity index (χ0) is 20.1. The molecule has 0 aromatic heterocycles. The topological polar surface area (TPSA) is 41.8 Å². The number of hydrogen-bond acceptors (Lipinski definition) is 2. The van der Waals surface area contributed by atoms with Gasteiger partial charge >= 0.3 is 0 Å². The first-order chi connectivity index (χ1) is 14.3. The van der Waals surface area contributed by atoms with E-state index in [4.69, 9.17) is 0 Å². The first kappa shape index (κ1) is 19.1. The molecule has 1 N–H and O–H groups in total. The summed E-state index contributed by atoms with van der Waals surface area (Å²) in [5.41, 5.74) is 3.84. The van der Waals surface area contributed by atoms with Crippen molar-refractivity contribution in [3.05, 3.63) is 107 Å². The molecular formula is C25H25N2O2+.